The predicted octanol–water partition coefficient (Wildman–Crippen LogP) is 1.14. The van der Waals surface area contributed by atoms with Crippen molar-refractivity contribution in [3.05, 3.63) is 18.5 Å². The van der Waals surface area contributed by atoms with Gasteiger partial charge < -0.3 is 0 Å². The van der Waals surface area contributed by atoms with E-state index < -0.39 is 0 Å². The van der Waals surface area contributed by atoms with Gasteiger partial charge in [-0.1, -0.05) is 0 Å². The molecule has 1 aromatic rings. The van der Waals surface area contributed by atoms with Crippen molar-refractivity contribution < 1.29 is 0 Å². The van der Waals surface area contributed by atoms with Crippen LogP contribution in [0.5, 0.6) is 0 Å². The minimum absolute atomic E-state index is 0. The fraction of sp³-hybridized carbons (Fsp3) is 0. The van der Waals surface area contributed by atoms with E-state index in [1.165, 1.54) is 0 Å². The van der Waals surface area contributed by atoms with Crippen molar-refractivity contribution in [2.45, 2.75) is 0 Å². The van der Waals surface area contributed by atoms with E-state index in [1.807, 2.05) is 0 Å². The number of nitrogens with zero attached hydrogens (tertiary/aromatic N) is 3. The molecule has 0 spiro atoms. The van der Waals surface area contributed by atoms with E-state index in [2.05, 4.69) is 15.4 Å². The Morgan fingerprint density at radius 3 is 1.33 bits per heavy atom. The van der Waals surface area contributed by atoms with Gasteiger partial charge in [-0.3, -0.25) is 0 Å². The Hall–Kier alpha value is -0.120. The van der Waals surface area contributed by atoms with Gasteiger partial charge in [0.1, 0.15) is 0 Å². The first-order chi connectivity index (χ1) is 3.00. The maximum atomic E-state index is 3.42. The summed E-state index contributed by atoms with van der Waals surface area (Å²) < 4.78 is 0. The van der Waals surface area contributed by atoms with Gasteiger partial charge in [0.05, 0.1) is 12.4 Å². The van der Waals surface area contributed by atoms with Crippen LogP contribution >= 0.6 is 37.2 Å². The molecule has 9 heavy (non-hydrogen) atoms. The van der Waals surface area contributed by atoms with Crippen molar-refractivity contribution in [3.8, 4) is 0 Å². The Labute approximate surface area is 71.5 Å². The van der Waals surface area contributed by atoms with Crippen LogP contribution in [-0.4, -0.2) is 15.4 Å². The van der Waals surface area contributed by atoms with Gasteiger partial charge in [-0.15, -0.1) is 47.4 Å². The molecule has 0 unspecified atom stereocenters. The molecule has 0 aliphatic heterocycles. The lowest BCUT2D eigenvalue weighted by Crippen LogP contribution is -1.78. The number of hydrogen-bond donors (Lipinski definition) is 0. The Kier molecular flexibility index (Phi) is 19.1. The summed E-state index contributed by atoms with van der Waals surface area (Å²) in [6.45, 7) is 0. The lowest BCUT2D eigenvalue weighted by atomic mass is 10.7. The van der Waals surface area contributed by atoms with Gasteiger partial charge >= 0.3 is 0 Å². The van der Waals surface area contributed by atoms with Crippen molar-refractivity contribution in [1.29, 1.82) is 0 Å². The summed E-state index contributed by atoms with van der Waals surface area (Å²) in [4.78, 5) is 0. The van der Waals surface area contributed by atoms with Crippen molar-refractivity contribution in [1.82, 2.24) is 15.4 Å². The Bertz CT molecular complexity index is 86.2. The van der Waals surface area contributed by atoms with E-state index >= 15 is 0 Å². The van der Waals surface area contributed by atoms with Crippen LogP contribution in [0.1, 0.15) is 0 Å². The summed E-state index contributed by atoms with van der Waals surface area (Å²) in [5.41, 5.74) is 0. The van der Waals surface area contributed by atoms with E-state index in [9.17, 15) is 0 Å². The van der Waals surface area contributed by atoms with Gasteiger partial charge in [0.2, 0.25) is 0 Å². The third-order valence-corrected chi connectivity index (χ3v) is 0.409. The van der Waals surface area contributed by atoms with E-state index in [-0.39, 0.29) is 37.2 Å². The highest BCUT2D eigenvalue weighted by Gasteiger charge is 1.60. The van der Waals surface area contributed by atoms with Gasteiger partial charge in [0.15, 0.2) is 0 Å². The van der Waals surface area contributed by atoms with E-state index in [0.29, 0.717) is 0 Å². The number of aromatic nitrogens is 3. The second-order valence-electron chi connectivity index (χ2n) is 0.811. The third kappa shape index (κ3) is 7.88. The summed E-state index contributed by atoms with van der Waals surface area (Å²) >= 11 is 0. The Balaban J connectivity index is -0.000000120. The molecule has 0 N–H and O–H groups in total. The molecule has 0 bridgehead atoms. The molecule has 0 saturated heterocycles. The van der Waals surface area contributed by atoms with Gasteiger partial charge in [-0.2, -0.15) is 0 Å². The van der Waals surface area contributed by atoms with Crippen LogP contribution in [0.3, 0.4) is 0 Å². The van der Waals surface area contributed by atoms with Crippen molar-refractivity contribution in [2.24, 2.45) is 0 Å². The second kappa shape index (κ2) is 10.8. The maximum Gasteiger partial charge on any atom is 0.0529 e. The van der Waals surface area contributed by atoms with Crippen LogP contribution in [-0.2, 0) is 0 Å². The van der Waals surface area contributed by atoms with Crippen LogP contribution in [0.25, 0.3) is 0 Å². The average Bonchev–Trinajstić information content (AvgIpc) is 1.72. The molecular weight excluding hydrogens is 184 g/mol. The van der Waals surface area contributed by atoms with Crippen LogP contribution < -0.4 is 0 Å². The molecule has 0 radical (unpaired) electrons. The smallest absolute Gasteiger partial charge is 0.0529 e. The molecule has 1 aromatic heterocycles. The fourth-order valence-electron chi connectivity index (χ4n) is 0.205. The van der Waals surface area contributed by atoms with Crippen LogP contribution in [0.15, 0.2) is 18.5 Å². The van der Waals surface area contributed by atoms with Crippen molar-refractivity contribution in [3.63, 3.8) is 0 Å². The molecule has 3 nitrogen and oxygen atoms in total. The quantitative estimate of drug-likeness (QED) is 0.616. The summed E-state index contributed by atoms with van der Waals surface area (Å²) in [6, 6.07) is 1.72. The summed E-state index contributed by atoms with van der Waals surface area (Å²) in [7, 11) is 0. The average molecular weight is 190 g/mol. The first-order valence-corrected chi connectivity index (χ1v) is 1.58. The third-order valence-electron chi connectivity index (χ3n) is 0.409. The zero-order valence-electron chi connectivity index (χ0n) is 4.30. The van der Waals surface area contributed by atoms with Crippen molar-refractivity contribution >= 4 is 37.2 Å². The highest BCUT2D eigenvalue weighted by molar-refractivity contribution is 5.86. The second-order valence-corrected chi connectivity index (χ2v) is 0.811. The Morgan fingerprint density at radius 2 is 1.22 bits per heavy atom. The molecule has 0 aliphatic carbocycles. The summed E-state index contributed by atoms with van der Waals surface area (Å²) in [5.74, 6) is 0. The molecule has 1 heterocycles. The zero-order chi connectivity index (χ0) is 4.24. The van der Waals surface area contributed by atoms with Gasteiger partial charge in [-0.25, -0.2) is 0 Å². The molecule has 0 aromatic carbocycles. The van der Waals surface area contributed by atoms with Gasteiger partial charge in [0.25, 0.3) is 0 Å². The minimum atomic E-state index is 0. The highest BCUT2D eigenvalue weighted by Crippen LogP contribution is 1.61. The first kappa shape index (κ1) is 15.9. The van der Waals surface area contributed by atoms with Gasteiger partial charge in [-0.05, 0) is 11.3 Å². The SMILES string of the molecule is Cl.Cl.Cl.c1cnnnc1. The topological polar surface area (TPSA) is 38.7 Å². The Morgan fingerprint density at radius 1 is 0.778 bits per heavy atom. The molecule has 0 aliphatic rings. The molecule has 0 fully saturated rings. The van der Waals surface area contributed by atoms with Crippen LogP contribution in [0, 0.1) is 0 Å². The molecular formula is C3H6Cl3N3. The predicted molar refractivity (Wildman–Crippen MR) is 41.6 cm³/mol. The molecule has 0 atom stereocenters. The number of halogens is 3. The van der Waals surface area contributed by atoms with Gasteiger partial charge in [0, 0.05) is 0 Å². The minimum Gasteiger partial charge on any atom is -0.147 e. The lowest BCUT2D eigenvalue weighted by molar-refractivity contribution is 0.865. The van der Waals surface area contributed by atoms with E-state index in [4.69, 9.17) is 0 Å². The molecule has 1 rings (SSSR count). The fourth-order valence-corrected chi connectivity index (χ4v) is 0.205. The zero-order valence-corrected chi connectivity index (χ0v) is 6.75. The number of rotatable bonds is 0. The monoisotopic (exact) mass is 189 g/mol. The van der Waals surface area contributed by atoms with Crippen LogP contribution in [0.2, 0.25) is 0 Å². The van der Waals surface area contributed by atoms with Crippen LogP contribution in [0.4, 0.5) is 0 Å². The maximum absolute atomic E-state index is 3.42. The van der Waals surface area contributed by atoms with E-state index in [1.54, 1.807) is 18.5 Å². The standard InChI is InChI=1S/C3H3N3.3ClH/c1-2-4-6-5-3-1;;;/h1-3H;3*1H. The largest absolute Gasteiger partial charge is 0.147 e. The first-order valence-electron chi connectivity index (χ1n) is 1.58. The summed E-state index contributed by atoms with van der Waals surface area (Å²) in [5, 5.41) is 10.1. The molecule has 54 valence electrons. The summed E-state index contributed by atoms with van der Waals surface area (Å²) in [6.07, 6.45) is 3.15. The van der Waals surface area contributed by atoms with E-state index in [0.717, 1.165) is 0 Å². The normalized spacial score (nSPS) is 5.33. The van der Waals surface area contributed by atoms with Crippen molar-refractivity contribution in [2.75, 3.05) is 0 Å². The lowest BCUT2D eigenvalue weighted by Gasteiger charge is -1.68. The highest BCUT2D eigenvalue weighted by atomic mass is 35.5. The molecule has 0 amide bonds. The molecule has 6 heteroatoms. The number of hydrogen-bond acceptors (Lipinski definition) is 3. The molecule has 0 saturated carbocycles.